The summed E-state index contributed by atoms with van der Waals surface area (Å²) in [7, 11) is 2.02. The van der Waals surface area contributed by atoms with E-state index < -0.39 is 0 Å². The Labute approximate surface area is 118 Å². The molecule has 0 spiro atoms. The summed E-state index contributed by atoms with van der Waals surface area (Å²) in [5, 5.41) is 4.68. The highest BCUT2D eigenvalue weighted by atomic mass is 79.9. The zero-order valence-corrected chi connectivity index (χ0v) is 13.1. The van der Waals surface area contributed by atoms with Crippen LogP contribution in [-0.2, 0) is 6.42 Å². The van der Waals surface area contributed by atoms with Gasteiger partial charge in [0.25, 0.3) is 0 Å². The van der Waals surface area contributed by atoms with E-state index in [2.05, 4.69) is 71.0 Å². The summed E-state index contributed by atoms with van der Waals surface area (Å²) in [6.45, 7) is 6.68. The summed E-state index contributed by atoms with van der Waals surface area (Å²) in [5.74, 6) is 0. The monoisotopic (exact) mass is 308 g/mol. The lowest BCUT2D eigenvalue weighted by atomic mass is 10.1. The minimum absolute atomic E-state index is 0.487. The average molecular weight is 309 g/mol. The van der Waals surface area contributed by atoms with Gasteiger partial charge in [-0.25, -0.2) is 0 Å². The maximum absolute atomic E-state index is 3.56. The minimum Gasteiger partial charge on any atom is -0.345 e. The molecule has 0 fully saturated rings. The molecule has 0 aliphatic carbocycles. The topological polar surface area (TPSA) is 17.0 Å². The standard InChI is InChI=1S/C15H21BrN2/c1-10(2)18-9-12(7-11(3)17-4)14-6-5-13(16)8-15(14)18/h5-6,8-11,17H,7H2,1-4H3. The molecule has 1 heterocycles. The fourth-order valence-electron chi connectivity index (χ4n) is 2.32. The molecular weight excluding hydrogens is 288 g/mol. The largest absolute Gasteiger partial charge is 0.345 e. The highest BCUT2D eigenvalue weighted by molar-refractivity contribution is 9.10. The van der Waals surface area contributed by atoms with Gasteiger partial charge in [0.1, 0.15) is 0 Å². The lowest BCUT2D eigenvalue weighted by Gasteiger charge is -2.09. The van der Waals surface area contributed by atoms with E-state index in [1.165, 1.54) is 16.5 Å². The molecule has 98 valence electrons. The first-order valence-corrected chi connectivity index (χ1v) is 7.28. The van der Waals surface area contributed by atoms with Crippen LogP contribution in [0.4, 0.5) is 0 Å². The van der Waals surface area contributed by atoms with Crippen molar-refractivity contribution in [2.45, 2.75) is 39.3 Å². The molecule has 0 saturated carbocycles. The number of halogens is 1. The summed E-state index contributed by atoms with van der Waals surface area (Å²) in [6, 6.07) is 7.54. The van der Waals surface area contributed by atoms with Gasteiger partial charge in [0.2, 0.25) is 0 Å². The first kappa shape index (κ1) is 13.6. The van der Waals surface area contributed by atoms with E-state index in [9.17, 15) is 0 Å². The Morgan fingerprint density at radius 1 is 1.28 bits per heavy atom. The molecule has 0 saturated heterocycles. The third-order valence-corrected chi connectivity index (χ3v) is 3.95. The number of hydrogen-bond acceptors (Lipinski definition) is 1. The molecular formula is C15H21BrN2. The number of nitrogens with zero attached hydrogens (tertiary/aromatic N) is 1. The molecule has 18 heavy (non-hydrogen) atoms. The van der Waals surface area contributed by atoms with Crippen molar-refractivity contribution < 1.29 is 0 Å². The predicted octanol–water partition coefficient (Wildman–Crippen LogP) is 4.14. The third-order valence-electron chi connectivity index (χ3n) is 3.45. The quantitative estimate of drug-likeness (QED) is 0.898. The van der Waals surface area contributed by atoms with Crippen molar-refractivity contribution in [2.75, 3.05) is 7.05 Å². The van der Waals surface area contributed by atoms with Crippen molar-refractivity contribution in [1.82, 2.24) is 9.88 Å². The van der Waals surface area contributed by atoms with E-state index >= 15 is 0 Å². The number of aromatic nitrogens is 1. The Morgan fingerprint density at radius 2 is 2.00 bits per heavy atom. The van der Waals surface area contributed by atoms with E-state index in [1.54, 1.807) is 0 Å². The molecule has 2 rings (SSSR count). The highest BCUT2D eigenvalue weighted by Crippen LogP contribution is 2.28. The van der Waals surface area contributed by atoms with Crippen LogP contribution in [0.5, 0.6) is 0 Å². The molecule has 0 bridgehead atoms. The number of rotatable bonds is 4. The van der Waals surface area contributed by atoms with Crippen LogP contribution in [0.2, 0.25) is 0 Å². The molecule has 2 nitrogen and oxygen atoms in total. The van der Waals surface area contributed by atoms with Gasteiger partial charge in [0.05, 0.1) is 0 Å². The molecule has 0 aliphatic rings. The molecule has 1 N–H and O–H groups in total. The van der Waals surface area contributed by atoms with Crippen LogP contribution in [0.3, 0.4) is 0 Å². The number of fused-ring (bicyclic) bond motifs is 1. The number of likely N-dealkylation sites (N-methyl/N-ethyl adjacent to an activating group) is 1. The van der Waals surface area contributed by atoms with Crippen molar-refractivity contribution in [3.63, 3.8) is 0 Å². The van der Waals surface area contributed by atoms with Crippen LogP contribution < -0.4 is 5.32 Å². The number of benzene rings is 1. The molecule has 1 atom stereocenters. The summed E-state index contributed by atoms with van der Waals surface area (Å²) in [6.07, 6.45) is 3.37. The lowest BCUT2D eigenvalue weighted by molar-refractivity contribution is 0.598. The zero-order valence-electron chi connectivity index (χ0n) is 11.5. The van der Waals surface area contributed by atoms with Crippen molar-refractivity contribution in [3.8, 4) is 0 Å². The first-order valence-electron chi connectivity index (χ1n) is 6.49. The lowest BCUT2D eigenvalue weighted by Crippen LogP contribution is -2.23. The van der Waals surface area contributed by atoms with Gasteiger partial charge in [-0.15, -0.1) is 0 Å². The minimum atomic E-state index is 0.487. The van der Waals surface area contributed by atoms with Crippen LogP contribution in [0.1, 0.15) is 32.4 Å². The molecule has 1 aromatic carbocycles. The van der Waals surface area contributed by atoms with Crippen LogP contribution in [-0.4, -0.2) is 17.7 Å². The van der Waals surface area contributed by atoms with Gasteiger partial charge in [-0.2, -0.15) is 0 Å². The normalized spacial score (nSPS) is 13.4. The van der Waals surface area contributed by atoms with Gasteiger partial charge in [-0.05, 0) is 51.9 Å². The molecule has 1 aromatic heterocycles. The highest BCUT2D eigenvalue weighted by Gasteiger charge is 2.12. The number of hydrogen-bond donors (Lipinski definition) is 1. The second-order valence-corrected chi connectivity index (χ2v) is 6.13. The molecule has 3 heteroatoms. The van der Waals surface area contributed by atoms with Crippen molar-refractivity contribution in [2.24, 2.45) is 0 Å². The smallest absolute Gasteiger partial charge is 0.0496 e. The summed E-state index contributed by atoms with van der Waals surface area (Å²) in [5.41, 5.74) is 2.74. The van der Waals surface area contributed by atoms with Gasteiger partial charge in [-0.3, -0.25) is 0 Å². The molecule has 0 aliphatic heterocycles. The second kappa shape index (κ2) is 5.45. The first-order chi connectivity index (χ1) is 8.52. The zero-order chi connectivity index (χ0) is 13.3. The maximum atomic E-state index is 3.56. The Hall–Kier alpha value is -0.800. The van der Waals surface area contributed by atoms with Gasteiger partial charge in [0, 0.05) is 33.7 Å². The summed E-state index contributed by atoms with van der Waals surface area (Å²) in [4.78, 5) is 0. The van der Waals surface area contributed by atoms with Gasteiger partial charge >= 0.3 is 0 Å². The van der Waals surface area contributed by atoms with E-state index in [0.717, 1.165) is 10.9 Å². The Morgan fingerprint density at radius 3 is 2.61 bits per heavy atom. The Bertz CT molecular complexity index is 543. The SMILES string of the molecule is CNC(C)Cc1cn(C(C)C)c2cc(Br)ccc12. The molecule has 1 unspecified atom stereocenters. The van der Waals surface area contributed by atoms with E-state index in [-0.39, 0.29) is 0 Å². The summed E-state index contributed by atoms with van der Waals surface area (Å²) < 4.78 is 3.50. The van der Waals surface area contributed by atoms with Crippen LogP contribution in [0.25, 0.3) is 10.9 Å². The van der Waals surface area contributed by atoms with Crippen LogP contribution in [0.15, 0.2) is 28.9 Å². The van der Waals surface area contributed by atoms with E-state index in [0.29, 0.717) is 12.1 Å². The Balaban J connectivity index is 2.54. The molecule has 0 radical (unpaired) electrons. The second-order valence-electron chi connectivity index (χ2n) is 5.21. The van der Waals surface area contributed by atoms with Crippen molar-refractivity contribution in [1.29, 1.82) is 0 Å². The van der Waals surface area contributed by atoms with Crippen molar-refractivity contribution >= 4 is 26.8 Å². The third kappa shape index (κ3) is 2.62. The molecule has 2 aromatic rings. The average Bonchev–Trinajstić information content (AvgIpc) is 2.67. The fraction of sp³-hybridized carbons (Fsp3) is 0.467. The van der Waals surface area contributed by atoms with Crippen molar-refractivity contribution in [3.05, 3.63) is 34.4 Å². The van der Waals surface area contributed by atoms with Gasteiger partial charge < -0.3 is 9.88 Å². The van der Waals surface area contributed by atoms with E-state index in [4.69, 9.17) is 0 Å². The van der Waals surface area contributed by atoms with Gasteiger partial charge in [0.15, 0.2) is 0 Å². The Kier molecular flexibility index (Phi) is 4.13. The summed E-state index contributed by atoms with van der Waals surface area (Å²) >= 11 is 3.56. The van der Waals surface area contributed by atoms with Gasteiger partial charge in [-0.1, -0.05) is 22.0 Å². The predicted molar refractivity (Wildman–Crippen MR) is 82.2 cm³/mol. The van der Waals surface area contributed by atoms with Crippen LogP contribution >= 0.6 is 15.9 Å². The molecule has 0 amide bonds. The fourth-order valence-corrected chi connectivity index (χ4v) is 2.67. The number of nitrogens with one attached hydrogen (secondary N) is 1. The maximum Gasteiger partial charge on any atom is 0.0496 e. The van der Waals surface area contributed by atoms with E-state index in [1.807, 2.05) is 7.05 Å². The van der Waals surface area contributed by atoms with Crippen LogP contribution in [0, 0.1) is 0 Å².